The van der Waals surface area contributed by atoms with Crippen molar-refractivity contribution in [2.75, 3.05) is 0 Å². The molecule has 0 amide bonds. The monoisotopic (exact) mass is 281 g/mol. The lowest BCUT2D eigenvalue weighted by atomic mass is 9.90. The molecule has 4 aromatic carbocycles. The minimum atomic E-state index is 0.856. The second-order valence-corrected chi connectivity index (χ2v) is 5.48. The van der Waals surface area contributed by atoms with E-state index >= 15 is 0 Å². The molecule has 0 saturated heterocycles. The van der Waals surface area contributed by atoms with Crippen molar-refractivity contribution in [2.24, 2.45) is 0 Å². The third-order valence-corrected chi connectivity index (χ3v) is 4.29. The summed E-state index contributed by atoms with van der Waals surface area (Å²) in [6.45, 7) is 0. The van der Waals surface area contributed by atoms with E-state index in [0.717, 1.165) is 11.3 Å². The lowest BCUT2D eigenvalue weighted by Gasteiger charge is -2.13. The van der Waals surface area contributed by atoms with Crippen LogP contribution in [0.25, 0.3) is 43.6 Å². The highest BCUT2D eigenvalue weighted by Crippen LogP contribution is 2.39. The van der Waals surface area contributed by atoms with Crippen molar-refractivity contribution in [1.82, 2.24) is 15.4 Å². The van der Waals surface area contributed by atoms with Gasteiger partial charge in [-0.2, -0.15) is 0 Å². The van der Waals surface area contributed by atoms with Gasteiger partial charge in [0.25, 0.3) is 0 Å². The summed E-state index contributed by atoms with van der Waals surface area (Å²) in [4.78, 5) is 0. The predicted molar refractivity (Wildman–Crippen MR) is 89.0 cm³/mol. The lowest BCUT2D eigenvalue weighted by Crippen LogP contribution is -1.92. The summed E-state index contributed by atoms with van der Waals surface area (Å²) in [6, 6.07) is 21.3. The van der Waals surface area contributed by atoms with Gasteiger partial charge in [-0.25, -0.2) is 0 Å². The summed E-state index contributed by atoms with van der Waals surface area (Å²) >= 11 is 0. The Morgan fingerprint density at radius 1 is 0.682 bits per heavy atom. The van der Waals surface area contributed by atoms with Gasteiger partial charge in [0, 0.05) is 5.56 Å². The number of nitrogens with zero attached hydrogens (tertiary/aromatic N) is 3. The maximum atomic E-state index is 4.20. The quantitative estimate of drug-likeness (QED) is 0.426. The van der Waals surface area contributed by atoms with Gasteiger partial charge < -0.3 is 0 Å². The summed E-state index contributed by atoms with van der Waals surface area (Å²) < 4.78 is 0. The van der Waals surface area contributed by atoms with E-state index in [0.29, 0.717) is 0 Å². The van der Waals surface area contributed by atoms with Crippen LogP contribution in [-0.2, 0) is 0 Å². The van der Waals surface area contributed by atoms with Crippen LogP contribution in [0.5, 0.6) is 0 Å². The van der Waals surface area contributed by atoms with Crippen LogP contribution in [0.4, 0.5) is 0 Å². The van der Waals surface area contributed by atoms with Crippen LogP contribution in [0.15, 0.2) is 66.9 Å². The van der Waals surface area contributed by atoms with Crippen LogP contribution in [0.2, 0.25) is 0 Å². The number of benzene rings is 4. The molecule has 0 saturated carbocycles. The van der Waals surface area contributed by atoms with Crippen molar-refractivity contribution < 1.29 is 0 Å². The smallest absolute Gasteiger partial charge is 0.0969 e. The molecule has 3 nitrogen and oxygen atoms in total. The number of rotatable bonds is 1. The van der Waals surface area contributed by atoms with Gasteiger partial charge in [-0.15, -0.1) is 10.2 Å². The zero-order valence-electron chi connectivity index (χ0n) is 11.7. The van der Waals surface area contributed by atoms with E-state index in [9.17, 15) is 0 Å². The molecule has 0 N–H and O–H groups in total. The van der Waals surface area contributed by atoms with E-state index in [1.165, 1.54) is 32.3 Å². The first kappa shape index (κ1) is 11.6. The van der Waals surface area contributed by atoms with Gasteiger partial charge in [-0.05, 0) is 49.7 Å². The van der Waals surface area contributed by atoms with E-state index in [1.807, 2.05) is 6.07 Å². The minimum absolute atomic E-state index is 0.856. The van der Waals surface area contributed by atoms with Crippen LogP contribution >= 0.6 is 0 Å². The van der Waals surface area contributed by atoms with Crippen molar-refractivity contribution in [3.05, 3.63) is 66.9 Å². The third-order valence-electron chi connectivity index (χ3n) is 4.29. The fourth-order valence-electron chi connectivity index (χ4n) is 3.36. The average Bonchev–Trinajstić information content (AvgIpc) is 2.60. The Balaban J connectivity index is 2.07. The maximum absolute atomic E-state index is 4.20. The lowest BCUT2D eigenvalue weighted by molar-refractivity contribution is 0.871. The van der Waals surface area contributed by atoms with Crippen LogP contribution in [0.1, 0.15) is 0 Å². The molecule has 0 aliphatic rings. The summed E-state index contributed by atoms with van der Waals surface area (Å²) in [6.07, 6.45) is 1.68. The topological polar surface area (TPSA) is 38.7 Å². The van der Waals surface area contributed by atoms with Crippen molar-refractivity contribution in [2.45, 2.75) is 0 Å². The van der Waals surface area contributed by atoms with Crippen LogP contribution in [-0.4, -0.2) is 15.4 Å². The van der Waals surface area contributed by atoms with E-state index in [2.05, 4.69) is 70.0 Å². The SMILES string of the molecule is c1cc2ccc3cccc4c(-c5ccnnn5)cc(c1)c2c34. The molecule has 3 heteroatoms. The largest absolute Gasteiger partial charge is 0.139 e. The minimum Gasteiger partial charge on any atom is -0.139 e. The van der Waals surface area contributed by atoms with Crippen LogP contribution < -0.4 is 0 Å². The first-order chi connectivity index (χ1) is 10.9. The Bertz CT molecular complexity index is 1120. The van der Waals surface area contributed by atoms with Crippen molar-refractivity contribution in [1.29, 1.82) is 0 Å². The highest BCUT2D eigenvalue weighted by molar-refractivity contribution is 6.26. The highest BCUT2D eigenvalue weighted by Gasteiger charge is 2.13. The molecule has 5 aromatic rings. The molecule has 0 bridgehead atoms. The van der Waals surface area contributed by atoms with E-state index < -0.39 is 0 Å². The normalized spacial score (nSPS) is 11.6. The fraction of sp³-hybridized carbons (Fsp3) is 0. The Labute approximate surface area is 126 Å². The van der Waals surface area contributed by atoms with Gasteiger partial charge in [0.05, 0.1) is 11.9 Å². The summed E-state index contributed by atoms with van der Waals surface area (Å²) in [5.41, 5.74) is 1.96. The zero-order valence-corrected chi connectivity index (χ0v) is 11.7. The molecule has 1 heterocycles. The zero-order chi connectivity index (χ0) is 14.5. The van der Waals surface area contributed by atoms with Gasteiger partial charge >= 0.3 is 0 Å². The first-order valence-corrected chi connectivity index (χ1v) is 7.23. The highest BCUT2D eigenvalue weighted by atomic mass is 15.3. The molecule has 102 valence electrons. The van der Waals surface area contributed by atoms with Gasteiger partial charge in [0.15, 0.2) is 0 Å². The van der Waals surface area contributed by atoms with E-state index in [-0.39, 0.29) is 0 Å². The van der Waals surface area contributed by atoms with Crippen molar-refractivity contribution >= 4 is 32.3 Å². The fourth-order valence-corrected chi connectivity index (χ4v) is 3.36. The standard InChI is InChI=1S/C19H11N3/c1-3-12-7-8-13-4-2-6-15-16(17-9-10-20-22-21-17)11-14(5-1)18(12)19(13)15/h1-11H. The predicted octanol–water partition coefficient (Wildman–Crippen LogP) is 4.44. The van der Waals surface area contributed by atoms with Gasteiger partial charge in [-0.1, -0.05) is 48.5 Å². The summed E-state index contributed by atoms with van der Waals surface area (Å²) in [5.74, 6) is 0. The number of hydrogen-bond acceptors (Lipinski definition) is 3. The van der Waals surface area contributed by atoms with Gasteiger partial charge in [-0.3, -0.25) is 0 Å². The molecule has 22 heavy (non-hydrogen) atoms. The molecule has 0 fully saturated rings. The van der Waals surface area contributed by atoms with Gasteiger partial charge in [0.1, 0.15) is 0 Å². The molecular formula is C19H11N3. The summed E-state index contributed by atoms with van der Waals surface area (Å²) in [7, 11) is 0. The summed E-state index contributed by atoms with van der Waals surface area (Å²) in [5, 5.41) is 19.4. The van der Waals surface area contributed by atoms with Crippen molar-refractivity contribution in [3.63, 3.8) is 0 Å². The number of hydrogen-bond donors (Lipinski definition) is 0. The average molecular weight is 281 g/mol. The molecule has 0 aliphatic heterocycles. The van der Waals surface area contributed by atoms with Gasteiger partial charge in [0.2, 0.25) is 0 Å². The second-order valence-electron chi connectivity index (χ2n) is 5.48. The molecule has 0 aliphatic carbocycles. The molecule has 0 atom stereocenters. The Morgan fingerprint density at radius 2 is 1.45 bits per heavy atom. The van der Waals surface area contributed by atoms with Crippen LogP contribution in [0, 0.1) is 0 Å². The Hall–Kier alpha value is -3.07. The molecular weight excluding hydrogens is 270 g/mol. The molecule has 0 unspecified atom stereocenters. The molecule has 1 aromatic heterocycles. The number of aromatic nitrogens is 3. The Kier molecular flexibility index (Phi) is 2.22. The van der Waals surface area contributed by atoms with E-state index in [4.69, 9.17) is 0 Å². The maximum Gasteiger partial charge on any atom is 0.0969 e. The molecule has 0 radical (unpaired) electrons. The third kappa shape index (κ3) is 1.48. The van der Waals surface area contributed by atoms with E-state index in [1.54, 1.807) is 6.20 Å². The first-order valence-electron chi connectivity index (χ1n) is 7.23. The van der Waals surface area contributed by atoms with Crippen LogP contribution in [0.3, 0.4) is 0 Å². The molecule has 0 spiro atoms. The molecule has 5 rings (SSSR count). The second kappa shape index (κ2) is 4.21. The van der Waals surface area contributed by atoms with Crippen molar-refractivity contribution in [3.8, 4) is 11.3 Å². The Morgan fingerprint density at radius 3 is 2.27 bits per heavy atom.